The highest BCUT2D eigenvalue weighted by Gasteiger charge is 2.31. The normalized spacial score (nSPS) is 15.2. The average Bonchev–Trinajstić information content (AvgIpc) is 3.30. The predicted molar refractivity (Wildman–Crippen MR) is 137 cm³/mol. The van der Waals surface area contributed by atoms with Crippen molar-refractivity contribution in [3.63, 3.8) is 0 Å². The molecule has 4 aromatic rings. The molecule has 0 radical (unpaired) electrons. The van der Waals surface area contributed by atoms with Gasteiger partial charge in [0.15, 0.2) is 5.13 Å². The number of nitrogens with zero attached hydrogens (tertiary/aromatic N) is 1. The smallest absolute Gasteiger partial charge is 0.233 e. The molecule has 1 fully saturated rings. The Hall–Kier alpha value is -3.24. The lowest BCUT2D eigenvalue weighted by atomic mass is 9.76. The van der Waals surface area contributed by atoms with Crippen LogP contribution in [0.1, 0.15) is 43.6 Å². The Balaban J connectivity index is 1.48. The van der Waals surface area contributed by atoms with Gasteiger partial charge in [0.1, 0.15) is 0 Å². The summed E-state index contributed by atoms with van der Waals surface area (Å²) in [6.45, 7) is 0. The summed E-state index contributed by atoms with van der Waals surface area (Å²) in [5, 5.41) is 3.87. The van der Waals surface area contributed by atoms with Gasteiger partial charge in [-0.1, -0.05) is 122 Å². The monoisotopic (exact) mass is 452 g/mol. The quantitative estimate of drug-likeness (QED) is 0.324. The highest BCUT2D eigenvalue weighted by Crippen LogP contribution is 2.41. The van der Waals surface area contributed by atoms with Gasteiger partial charge in [-0.2, -0.15) is 0 Å². The van der Waals surface area contributed by atoms with E-state index in [9.17, 15) is 4.79 Å². The molecule has 1 saturated carbocycles. The molecule has 166 valence electrons. The first kappa shape index (κ1) is 21.6. The first-order valence-electron chi connectivity index (χ1n) is 11.8. The standard InChI is InChI=1S/C29H28N2OS/c32-28(25(21-13-5-1-6-14-21)22-15-7-2-8-16-22)31-29-30-26(23-17-9-3-10-18-23)27(33-29)24-19-11-4-12-20-24/h1,3-6,9-14,17-20,22,25H,2,7-8,15-16H2,(H,30,31,32). The minimum Gasteiger partial charge on any atom is -0.301 e. The second kappa shape index (κ2) is 10.1. The fourth-order valence-electron chi connectivity index (χ4n) is 4.90. The summed E-state index contributed by atoms with van der Waals surface area (Å²) in [5.41, 5.74) is 4.18. The van der Waals surface area contributed by atoms with Gasteiger partial charge in [0, 0.05) is 5.56 Å². The lowest BCUT2D eigenvalue weighted by Gasteiger charge is -2.29. The van der Waals surface area contributed by atoms with E-state index >= 15 is 0 Å². The zero-order valence-corrected chi connectivity index (χ0v) is 19.4. The number of nitrogens with one attached hydrogen (secondary N) is 1. The zero-order valence-electron chi connectivity index (χ0n) is 18.6. The van der Waals surface area contributed by atoms with Crippen LogP contribution in [0.15, 0.2) is 91.0 Å². The SMILES string of the molecule is O=C(Nc1nc(-c2ccccc2)c(-c2ccccc2)s1)C(c1ccccc1)C1CCCCC1. The molecule has 1 amide bonds. The van der Waals surface area contributed by atoms with Crippen molar-refractivity contribution >= 4 is 22.4 Å². The van der Waals surface area contributed by atoms with Gasteiger partial charge in [-0.3, -0.25) is 4.79 Å². The van der Waals surface area contributed by atoms with Gasteiger partial charge in [0.05, 0.1) is 16.5 Å². The molecule has 1 aliphatic carbocycles. The molecule has 1 N–H and O–H groups in total. The number of aromatic nitrogens is 1. The van der Waals surface area contributed by atoms with Crippen molar-refractivity contribution in [2.24, 2.45) is 5.92 Å². The minimum absolute atomic E-state index is 0.0565. The molecule has 3 aromatic carbocycles. The van der Waals surface area contributed by atoms with Crippen LogP contribution in [0.5, 0.6) is 0 Å². The largest absolute Gasteiger partial charge is 0.301 e. The second-order valence-electron chi connectivity index (χ2n) is 8.70. The molecule has 1 heterocycles. The molecule has 3 nitrogen and oxygen atoms in total. The Morgan fingerprint density at radius 1 is 0.788 bits per heavy atom. The van der Waals surface area contributed by atoms with E-state index in [1.807, 2.05) is 54.6 Å². The van der Waals surface area contributed by atoms with Gasteiger partial charge in [-0.05, 0) is 29.9 Å². The van der Waals surface area contributed by atoms with Crippen LogP contribution in [0.4, 0.5) is 5.13 Å². The van der Waals surface area contributed by atoms with Gasteiger partial charge in [-0.25, -0.2) is 4.98 Å². The molecule has 0 bridgehead atoms. The first-order chi connectivity index (χ1) is 16.3. The van der Waals surface area contributed by atoms with Crippen LogP contribution in [0, 0.1) is 5.92 Å². The molecule has 1 unspecified atom stereocenters. The van der Waals surface area contributed by atoms with Crippen molar-refractivity contribution in [2.75, 3.05) is 5.32 Å². The van der Waals surface area contributed by atoms with Crippen LogP contribution < -0.4 is 5.32 Å². The second-order valence-corrected chi connectivity index (χ2v) is 9.70. The Labute approximate surface area is 199 Å². The van der Waals surface area contributed by atoms with Crippen molar-refractivity contribution < 1.29 is 4.79 Å². The summed E-state index contributed by atoms with van der Waals surface area (Å²) >= 11 is 1.55. The highest BCUT2D eigenvalue weighted by atomic mass is 32.1. The van der Waals surface area contributed by atoms with E-state index < -0.39 is 0 Å². The van der Waals surface area contributed by atoms with Crippen molar-refractivity contribution in [2.45, 2.75) is 38.0 Å². The van der Waals surface area contributed by atoms with E-state index in [2.05, 4.69) is 41.7 Å². The number of thiazole rings is 1. The van der Waals surface area contributed by atoms with Gasteiger partial charge in [0.2, 0.25) is 5.91 Å². The maximum atomic E-state index is 13.7. The van der Waals surface area contributed by atoms with Crippen LogP contribution in [0.25, 0.3) is 21.7 Å². The van der Waals surface area contributed by atoms with E-state index in [0.717, 1.165) is 40.1 Å². The Kier molecular flexibility index (Phi) is 6.63. The Morgan fingerprint density at radius 2 is 1.36 bits per heavy atom. The van der Waals surface area contributed by atoms with E-state index in [-0.39, 0.29) is 11.8 Å². The number of hydrogen-bond acceptors (Lipinski definition) is 3. The first-order valence-corrected chi connectivity index (χ1v) is 12.6. The fraction of sp³-hybridized carbons (Fsp3) is 0.241. The minimum atomic E-state index is -0.143. The highest BCUT2D eigenvalue weighted by molar-refractivity contribution is 7.19. The van der Waals surface area contributed by atoms with Gasteiger partial charge in [-0.15, -0.1) is 0 Å². The van der Waals surface area contributed by atoms with E-state index in [1.54, 1.807) is 11.3 Å². The van der Waals surface area contributed by atoms with Crippen LogP contribution in [0.3, 0.4) is 0 Å². The molecular weight excluding hydrogens is 424 g/mol. The lowest BCUT2D eigenvalue weighted by Crippen LogP contribution is -2.29. The Morgan fingerprint density at radius 3 is 2.00 bits per heavy atom. The predicted octanol–water partition coefficient (Wildman–Crippen LogP) is 7.78. The molecule has 1 aromatic heterocycles. The summed E-state index contributed by atoms with van der Waals surface area (Å²) < 4.78 is 0. The van der Waals surface area contributed by atoms with Crippen LogP contribution in [-0.4, -0.2) is 10.9 Å². The number of anilines is 1. The number of hydrogen-bond donors (Lipinski definition) is 1. The van der Waals surface area contributed by atoms with Crippen molar-refractivity contribution in [3.05, 3.63) is 96.6 Å². The van der Waals surface area contributed by atoms with Gasteiger partial charge >= 0.3 is 0 Å². The maximum Gasteiger partial charge on any atom is 0.233 e. The van der Waals surface area contributed by atoms with Crippen molar-refractivity contribution in [1.29, 1.82) is 0 Å². The molecule has 5 rings (SSSR count). The Bertz CT molecular complexity index is 1130. The van der Waals surface area contributed by atoms with Crippen LogP contribution >= 0.6 is 11.3 Å². The zero-order chi connectivity index (χ0) is 22.5. The van der Waals surface area contributed by atoms with Crippen molar-refractivity contribution in [1.82, 2.24) is 4.98 Å². The summed E-state index contributed by atoms with van der Waals surface area (Å²) in [7, 11) is 0. The number of rotatable bonds is 6. The molecule has 1 aliphatic rings. The fourth-order valence-corrected chi connectivity index (χ4v) is 5.90. The maximum absolute atomic E-state index is 13.7. The molecule has 1 atom stereocenters. The molecule has 33 heavy (non-hydrogen) atoms. The van der Waals surface area contributed by atoms with E-state index in [1.165, 1.54) is 19.3 Å². The summed E-state index contributed by atoms with van der Waals surface area (Å²) in [6, 6.07) is 30.7. The number of carbonyl (C=O) groups excluding carboxylic acids is 1. The van der Waals surface area contributed by atoms with E-state index in [0.29, 0.717) is 11.0 Å². The molecule has 0 spiro atoms. The van der Waals surface area contributed by atoms with Crippen LogP contribution in [-0.2, 0) is 4.79 Å². The third-order valence-corrected chi connectivity index (χ3v) is 7.52. The molecule has 0 saturated heterocycles. The number of benzene rings is 3. The van der Waals surface area contributed by atoms with Crippen LogP contribution in [0.2, 0.25) is 0 Å². The summed E-state index contributed by atoms with van der Waals surface area (Å²) in [5.74, 6) is 0.292. The number of amides is 1. The van der Waals surface area contributed by atoms with Crippen molar-refractivity contribution in [3.8, 4) is 21.7 Å². The third kappa shape index (κ3) is 4.91. The molecule has 0 aliphatic heterocycles. The van der Waals surface area contributed by atoms with Gasteiger partial charge in [0.25, 0.3) is 0 Å². The summed E-state index contributed by atoms with van der Waals surface area (Å²) in [4.78, 5) is 19.6. The van der Waals surface area contributed by atoms with Gasteiger partial charge < -0.3 is 5.32 Å². The molecule has 4 heteroatoms. The topological polar surface area (TPSA) is 42.0 Å². The lowest BCUT2D eigenvalue weighted by molar-refractivity contribution is -0.119. The average molecular weight is 453 g/mol. The summed E-state index contributed by atoms with van der Waals surface area (Å²) in [6.07, 6.45) is 5.89. The number of carbonyl (C=O) groups is 1. The van der Waals surface area contributed by atoms with E-state index in [4.69, 9.17) is 4.98 Å². The molecular formula is C29H28N2OS. The third-order valence-electron chi connectivity index (χ3n) is 6.50.